The normalized spacial score (nSPS) is 11.7. The van der Waals surface area contributed by atoms with Crippen molar-refractivity contribution in [1.82, 2.24) is 15.3 Å². The summed E-state index contributed by atoms with van der Waals surface area (Å²) in [6.45, 7) is 10.4. The molecule has 0 saturated carbocycles. The van der Waals surface area contributed by atoms with Crippen molar-refractivity contribution in [2.24, 2.45) is 0 Å². The number of pyridine rings is 2. The van der Waals surface area contributed by atoms with Crippen molar-refractivity contribution in [3.05, 3.63) is 77.9 Å². The van der Waals surface area contributed by atoms with Gasteiger partial charge in [-0.05, 0) is 50.6 Å². The summed E-state index contributed by atoms with van der Waals surface area (Å²) in [5.74, 6) is 0.465. The molecular formula is C26H31N5O2. The lowest BCUT2D eigenvalue weighted by Gasteiger charge is -2.22. The number of aromatic nitrogens is 2. The second-order valence-corrected chi connectivity index (χ2v) is 6.98. The highest BCUT2D eigenvalue weighted by Gasteiger charge is 2.13. The molecule has 0 aliphatic carbocycles. The first-order chi connectivity index (χ1) is 16.0. The third-order valence-corrected chi connectivity index (χ3v) is 4.92. The van der Waals surface area contributed by atoms with Crippen molar-refractivity contribution in [2.45, 2.75) is 40.7 Å². The van der Waals surface area contributed by atoms with E-state index in [4.69, 9.17) is 10.00 Å². The largest absolute Gasteiger partial charge is 0.364 e. The lowest BCUT2D eigenvalue weighted by molar-refractivity contribution is -0.126. The number of hydrogen-bond acceptors (Lipinski definition) is 6. The molecule has 0 aliphatic heterocycles. The van der Waals surface area contributed by atoms with Gasteiger partial charge < -0.3 is 15.0 Å². The summed E-state index contributed by atoms with van der Waals surface area (Å²) >= 11 is 0. The number of carbonyl (C=O) groups is 1. The zero-order valence-corrected chi connectivity index (χ0v) is 19.9. The number of amides is 1. The predicted molar refractivity (Wildman–Crippen MR) is 131 cm³/mol. The standard InChI is InChI=1S/C24H25N5O2.C2H6/c1-4-29(23-11-10-19(13-25)15-27-23)17(2)14-28-24(30)16-31-18(3)20-7-5-9-22-21(20)8-6-12-26-22;1-2/h5-12,14-15,18H,4,16H2,1-3H3,(H,28,30);1-2H3/b17-14+;. The predicted octanol–water partition coefficient (Wildman–Crippen LogP) is 5.11. The van der Waals surface area contributed by atoms with Crippen LogP contribution >= 0.6 is 0 Å². The first-order valence-electron chi connectivity index (χ1n) is 11.1. The summed E-state index contributed by atoms with van der Waals surface area (Å²) in [6, 6.07) is 15.3. The number of fused-ring (bicyclic) bond motifs is 1. The Morgan fingerprint density at radius 1 is 1.21 bits per heavy atom. The number of ether oxygens (including phenoxy) is 1. The van der Waals surface area contributed by atoms with Gasteiger partial charge in [-0.25, -0.2) is 4.98 Å². The van der Waals surface area contributed by atoms with E-state index in [0.29, 0.717) is 17.9 Å². The van der Waals surface area contributed by atoms with E-state index < -0.39 is 0 Å². The van der Waals surface area contributed by atoms with Gasteiger partial charge in [0.1, 0.15) is 18.5 Å². The number of anilines is 1. The molecular weight excluding hydrogens is 414 g/mol. The number of nitriles is 1. The molecule has 2 heterocycles. The molecule has 3 aromatic rings. The molecule has 1 atom stereocenters. The lowest BCUT2D eigenvalue weighted by Crippen LogP contribution is -2.27. The molecule has 0 aliphatic rings. The fraction of sp³-hybridized carbons (Fsp3) is 0.308. The maximum Gasteiger partial charge on any atom is 0.249 e. The Balaban J connectivity index is 0.00000187. The second kappa shape index (κ2) is 12.9. The maximum atomic E-state index is 12.3. The van der Waals surface area contributed by atoms with E-state index >= 15 is 0 Å². The van der Waals surface area contributed by atoms with Crippen LogP contribution < -0.4 is 10.2 Å². The summed E-state index contributed by atoms with van der Waals surface area (Å²) in [4.78, 5) is 22.9. The van der Waals surface area contributed by atoms with Crippen molar-refractivity contribution >= 4 is 22.6 Å². The third kappa shape index (κ3) is 6.86. The van der Waals surface area contributed by atoms with Crippen LogP contribution in [0, 0.1) is 11.3 Å². The average Bonchev–Trinajstić information content (AvgIpc) is 2.87. The number of benzene rings is 1. The van der Waals surface area contributed by atoms with Crippen molar-refractivity contribution < 1.29 is 9.53 Å². The van der Waals surface area contributed by atoms with E-state index in [0.717, 1.165) is 22.2 Å². The molecule has 2 aromatic heterocycles. The van der Waals surface area contributed by atoms with Crippen molar-refractivity contribution in [1.29, 1.82) is 5.26 Å². The van der Waals surface area contributed by atoms with Gasteiger partial charge in [0.25, 0.3) is 0 Å². The molecule has 0 bridgehead atoms. The minimum atomic E-state index is -0.251. The minimum Gasteiger partial charge on any atom is -0.364 e. The summed E-state index contributed by atoms with van der Waals surface area (Å²) in [5.41, 5.74) is 3.22. The van der Waals surface area contributed by atoms with E-state index in [2.05, 4.69) is 21.4 Å². The highest BCUT2D eigenvalue weighted by atomic mass is 16.5. The average molecular weight is 446 g/mol. The van der Waals surface area contributed by atoms with Crippen LogP contribution in [0.2, 0.25) is 0 Å². The van der Waals surface area contributed by atoms with Crippen LogP contribution in [0.5, 0.6) is 0 Å². The van der Waals surface area contributed by atoms with E-state index in [1.807, 2.05) is 69.9 Å². The highest BCUT2D eigenvalue weighted by molar-refractivity contribution is 5.82. The molecule has 0 saturated heterocycles. The SMILES string of the molecule is CC.CCN(/C(C)=C/NC(=O)COC(C)c1cccc2ncccc12)c1ccc(C#N)cn1. The van der Waals surface area contributed by atoms with E-state index in [1.165, 1.54) is 6.20 Å². The quantitative estimate of drug-likeness (QED) is 0.518. The molecule has 1 N–H and O–H groups in total. The van der Waals surface area contributed by atoms with Gasteiger partial charge in [-0.1, -0.05) is 32.0 Å². The van der Waals surface area contributed by atoms with Gasteiger partial charge in [0, 0.05) is 36.2 Å². The summed E-state index contributed by atoms with van der Waals surface area (Å²) in [5, 5.41) is 12.7. The Morgan fingerprint density at radius 2 is 2.00 bits per heavy atom. The molecule has 7 nitrogen and oxygen atoms in total. The summed E-state index contributed by atoms with van der Waals surface area (Å²) < 4.78 is 5.80. The Hall–Kier alpha value is -3.76. The van der Waals surface area contributed by atoms with Crippen molar-refractivity contribution in [3.63, 3.8) is 0 Å². The Morgan fingerprint density at radius 3 is 2.67 bits per heavy atom. The van der Waals surface area contributed by atoms with Crippen molar-refractivity contribution in [3.8, 4) is 6.07 Å². The minimum absolute atomic E-state index is 0.0666. The van der Waals surface area contributed by atoms with Gasteiger partial charge in [0.2, 0.25) is 5.91 Å². The zero-order chi connectivity index (χ0) is 24.2. The number of rotatable bonds is 8. The van der Waals surface area contributed by atoms with Crippen LogP contribution in [0.1, 0.15) is 51.8 Å². The van der Waals surface area contributed by atoms with Crippen LogP contribution in [0.3, 0.4) is 0 Å². The van der Waals surface area contributed by atoms with Gasteiger partial charge in [-0.3, -0.25) is 9.78 Å². The molecule has 1 unspecified atom stereocenters. The Bertz CT molecular complexity index is 1110. The monoisotopic (exact) mass is 445 g/mol. The molecule has 172 valence electrons. The molecule has 0 radical (unpaired) electrons. The zero-order valence-electron chi connectivity index (χ0n) is 19.9. The van der Waals surface area contributed by atoms with Crippen LogP contribution in [-0.2, 0) is 9.53 Å². The van der Waals surface area contributed by atoms with Crippen LogP contribution in [0.4, 0.5) is 5.82 Å². The number of carbonyl (C=O) groups excluding carboxylic acids is 1. The fourth-order valence-corrected chi connectivity index (χ4v) is 3.28. The third-order valence-electron chi connectivity index (χ3n) is 4.92. The van der Waals surface area contributed by atoms with Crippen molar-refractivity contribution in [2.75, 3.05) is 18.1 Å². The number of hydrogen-bond donors (Lipinski definition) is 1. The van der Waals surface area contributed by atoms with Gasteiger partial charge in [0.05, 0.1) is 17.2 Å². The van der Waals surface area contributed by atoms with Gasteiger partial charge in [0.15, 0.2) is 0 Å². The molecule has 0 spiro atoms. The number of allylic oxidation sites excluding steroid dienone is 1. The Kier molecular flexibility index (Phi) is 10.00. The van der Waals surface area contributed by atoms with Crippen LogP contribution in [-0.4, -0.2) is 29.0 Å². The number of nitrogens with zero attached hydrogens (tertiary/aromatic N) is 4. The first-order valence-corrected chi connectivity index (χ1v) is 11.1. The summed E-state index contributed by atoms with van der Waals surface area (Å²) in [6.07, 6.45) is 4.68. The lowest BCUT2D eigenvalue weighted by atomic mass is 10.0. The molecule has 1 aromatic carbocycles. The second-order valence-electron chi connectivity index (χ2n) is 6.98. The van der Waals surface area contributed by atoms with Gasteiger partial charge >= 0.3 is 0 Å². The van der Waals surface area contributed by atoms with Crippen LogP contribution in [0.25, 0.3) is 10.9 Å². The topological polar surface area (TPSA) is 91.1 Å². The molecule has 33 heavy (non-hydrogen) atoms. The fourth-order valence-electron chi connectivity index (χ4n) is 3.28. The molecule has 3 rings (SSSR count). The smallest absolute Gasteiger partial charge is 0.249 e. The Labute approximate surface area is 195 Å². The van der Waals surface area contributed by atoms with Gasteiger partial charge in [-0.15, -0.1) is 0 Å². The van der Waals surface area contributed by atoms with E-state index in [9.17, 15) is 4.79 Å². The van der Waals surface area contributed by atoms with E-state index in [-0.39, 0.29) is 18.6 Å². The number of nitrogens with one attached hydrogen (secondary N) is 1. The van der Waals surface area contributed by atoms with Gasteiger partial charge in [-0.2, -0.15) is 5.26 Å². The van der Waals surface area contributed by atoms with Crippen LogP contribution in [0.15, 0.2) is 66.8 Å². The molecule has 0 fully saturated rings. The molecule has 1 amide bonds. The first kappa shape index (κ1) is 25.5. The maximum absolute atomic E-state index is 12.3. The molecule has 7 heteroatoms. The highest BCUT2D eigenvalue weighted by Crippen LogP contribution is 2.25. The summed E-state index contributed by atoms with van der Waals surface area (Å²) in [7, 11) is 0. The van der Waals surface area contributed by atoms with E-state index in [1.54, 1.807) is 24.5 Å².